The lowest BCUT2D eigenvalue weighted by Gasteiger charge is -2.25. The Morgan fingerprint density at radius 2 is 1.83 bits per heavy atom. The van der Waals surface area contributed by atoms with Gasteiger partial charge < -0.3 is 19.9 Å². The van der Waals surface area contributed by atoms with Gasteiger partial charge in [-0.05, 0) is 62.3 Å². The van der Waals surface area contributed by atoms with Crippen LogP contribution in [0.15, 0.2) is 48.5 Å². The highest BCUT2D eigenvalue weighted by Gasteiger charge is 2.21. The lowest BCUT2D eigenvalue weighted by atomic mass is 10.0. The molecule has 1 aliphatic heterocycles. The second-order valence-corrected chi connectivity index (χ2v) is 7.81. The summed E-state index contributed by atoms with van der Waals surface area (Å²) in [6.45, 7) is 3.36. The molecule has 2 amide bonds. The third-order valence-corrected chi connectivity index (χ3v) is 5.48. The van der Waals surface area contributed by atoms with E-state index in [1.807, 2.05) is 26.2 Å². The lowest BCUT2D eigenvalue weighted by molar-refractivity contribution is -0.123. The number of ether oxygens (including phenoxy) is 1. The summed E-state index contributed by atoms with van der Waals surface area (Å²) in [4.78, 5) is 28.0. The molecule has 0 spiro atoms. The summed E-state index contributed by atoms with van der Waals surface area (Å²) in [6, 6.07) is 15.9. The van der Waals surface area contributed by atoms with Crippen LogP contribution in [-0.2, 0) is 16.0 Å². The topological polar surface area (TPSA) is 61.9 Å². The molecule has 0 bridgehead atoms. The summed E-state index contributed by atoms with van der Waals surface area (Å²) < 4.78 is 5.61. The van der Waals surface area contributed by atoms with Crippen molar-refractivity contribution in [3.63, 3.8) is 0 Å². The van der Waals surface area contributed by atoms with Crippen LogP contribution in [-0.4, -0.2) is 50.5 Å². The second-order valence-electron chi connectivity index (χ2n) is 7.81. The molecule has 3 rings (SSSR count). The van der Waals surface area contributed by atoms with Crippen LogP contribution < -0.4 is 15.0 Å². The van der Waals surface area contributed by atoms with Gasteiger partial charge in [0.2, 0.25) is 5.91 Å². The number of nitrogens with one attached hydrogen (secondary N) is 1. The number of carbonyl (C=O) groups excluding carboxylic acids is 2. The van der Waals surface area contributed by atoms with Crippen molar-refractivity contribution in [1.82, 2.24) is 10.2 Å². The number of hydrogen-bond donors (Lipinski definition) is 1. The molecule has 6 nitrogen and oxygen atoms in total. The molecular formula is C24H31N3O3. The van der Waals surface area contributed by atoms with Crippen molar-refractivity contribution in [3.8, 4) is 5.75 Å². The Labute approximate surface area is 178 Å². The minimum atomic E-state index is -0.161. The Hall–Kier alpha value is -2.86. The van der Waals surface area contributed by atoms with Gasteiger partial charge in [0.25, 0.3) is 5.91 Å². The van der Waals surface area contributed by atoms with E-state index in [-0.39, 0.29) is 24.5 Å². The highest BCUT2D eigenvalue weighted by Crippen LogP contribution is 2.24. The Kier molecular flexibility index (Phi) is 7.46. The predicted molar refractivity (Wildman–Crippen MR) is 119 cm³/mol. The first-order valence-electron chi connectivity index (χ1n) is 10.5. The van der Waals surface area contributed by atoms with Crippen molar-refractivity contribution in [3.05, 3.63) is 59.7 Å². The van der Waals surface area contributed by atoms with Crippen molar-refractivity contribution in [2.75, 3.05) is 38.7 Å². The fraction of sp³-hybridized carbons (Fsp3) is 0.417. The minimum absolute atomic E-state index is 0.0447. The molecule has 30 heavy (non-hydrogen) atoms. The number of aryl methyl sites for hydroxylation is 1. The fourth-order valence-electron chi connectivity index (χ4n) is 3.63. The summed E-state index contributed by atoms with van der Waals surface area (Å²) >= 11 is 0. The molecule has 0 saturated carbocycles. The van der Waals surface area contributed by atoms with Crippen molar-refractivity contribution in [2.24, 2.45) is 0 Å². The number of rotatable bonds is 9. The van der Waals surface area contributed by atoms with E-state index in [0.29, 0.717) is 18.7 Å². The van der Waals surface area contributed by atoms with E-state index in [1.165, 1.54) is 11.1 Å². The molecule has 1 heterocycles. The number of carbonyl (C=O) groups is 2. The fourth-order valence-corrected chi connectivity index (χ4v) is 3.63. The molecule has 0 aliphatic carbocycles. The Bertz CT molecular complexity index is 847. The first-order chi connectivity index (χ1) is 14.5. The molecule has 1 fully saturated rings. The van der Waals surface area contributed by atoms with Gasteiger partial charge in [-0.2, -0.15) is 0 Å². The maximum absolute atomic E-state index is 12.3. The van der Waals surface area contributed by atoms with Gasteiger partial charge in [0, 0.05) is 25.2 Å². The van der Waals surface area contributed by atoms with Crippen LogP contribution in [0.5, 0.6) is 5.75 Å². The number of anilines is 1. The van der Waals surface area contributed by atoms with Crippen LogP contribution in [0.4, 0.5) is 5.69 Å². The number of hydrogen-bond acceptors (Lipinski definition) is 4. The average molecular weight is 410 g/mol. The third-order valence-electron chi connectivity index (χ3n) is 5.48. The van der Waals surface area contributed by atoms with Gasteiger partial charge >= 0.3 is 0 Å². The number of likely N-dealkylation sites (N-methyl/N-ethyl adjacent to an activating group) is 1. The van der Waals surface area contributed by atoms with Gasteiger partial charge in [0.05, 0.1) is 6.04 Å². The van der Waals surface area contributed by atoms with Gasteiger partial charge in [-0.15, -0.1) is 0 Å². The molecule has 1 unspecified atom stereocenters. The zero-order valence-corrected chi connectivity index (χ0v) is 18.1. The van der Waals surface area contributed by atoms with Crippen molar-refractivity contribution < 1.29 is 14.3 Å². The van der Waals surface area contributed by atoms with E-state index in [0.717, 1.165) is 25.1 Å². The summed E-state index contributed by atoms with van der Waals surface area (Å²) in [5.41, 5.74) is 3.34. The second kappa shape index (κ2) is 10.3. The van der Waals surface area contributed by atoms with Crippen LogP contribution in [0.2, 0.25) is 0 Å². The number of benzene rings is 2. The van der Waals surface area contributed by atoms with Crippen molar-refractivity contribution >= 4 is 17.5 Å². The zero-order valence-electron chi connectivity index (χ0n) is 18.1. The Morgan fingerprint density at radius 3 is 2.40 bits per heavy atom. The Balaban J connectivity index is 1.49. The standard InChI is InChI=1S/C24H31N3O3/c1-4-18-7-9-19(10-8-18)22(26(2)3)16-25-23(28)17-30-21-13-11-20(12-14-21)27-15-5-6-24(27)29/h7-14,22H,4-6,15-17H2,1-3H3,(H,25,28). The highest BCUT2D eigenvalue weighted by molar-refractivity contribution is 5.95. The quantitative estimate of drug-likeness (QED) is 0.691. The molecule has 1 saturated heterocycles. The van der Waals surface area contributed by atoms with Crippen molar-refractivity contribution in [1.29, 1.82) is 0 Å². The highest BCUT2D eigenvalue weighted by atomic mass is 16.5. The normalized spacial score (nSPS) is 14.8. The molecule has 2 aromatic rings. The lowest BCUT2D eigenvalue weighted by Crippen LogP contribution is -2.36. The minimum Gasteiger partial charge on any atom is -0.484 e. The molecule has 2 aromatic carbocycles. The Morgan fingerprint density at radius 1 is 1.13 bits per heavy atom. The van der Waals surface area contributed by atoms with Crippen LogP contribution in [0, 0.1) is 0 Å². The van der Waals surface area contributed by atoms with Gasteiger partial charge in [0.1, 0.15) is 5.75 Å². The van der Waals surface area contributed by atoms with Gasteiger partial charge in [-0.1, -0.05) is 31.2 Å². The van der Waals surface area contributed by atoms with E-state index in [1.54, 1.807) is 17.0 Å². The van der Waals surface area contributed by atoms with Gasteiger partial charge in [0.15, 0.2) is 6.61 Å². The van der Waals surface area contributed by atoms with E-state index in [4.69, 9.17) is 4.74 Å². The summed E-state index contributed by atoms with van der Waals surface area (Å²) in [5.74, 6) is 0.605. The molecular weight excluding hydrogens is 378 g/mol. The van der Waals surface area contributed by atoms with Crippen molar-refractivity contribution in [2.45, 2.75) is 32.2 Å². The largest absolute Gasteiger partial charge is 0.484 e. The first kappa shape index (κ1) is 21.8. The molecule has 1 atom stereocenters. The summed E-state index contributed by atoms with van der Waals surface area (Å²) in [6.07, 6.45) is 2.51. The van der Waals surface area contributed by atoms with Crippen LogP contribution in [0.3, 0.4) is 0 Å². The maximum Gasteiger partial charge on any atom is 0.258 e. The van der Waals surface area contributed by atoms with Gasteiger partial charge in [-0.25, -0.2) is 0 Å². The molecule has 1 N–H and O–H groups in total. The van der Waals surface area contributed by atoms with E-state index >= 15 is 0 Å². The summed E-state index contributed by atoms with van der Waals surface area (Å²) in [5, 5.41) is 2.96. The molecule has 0 radical (unpaired) electrons. The predicted octanol–water partition coefficient (Wildman–Crippen LogP) is 3.17. The number of amides is 2. The monoisotopic (exact) mass is 409 g/mol. The summed E-state index contributed by atoms with van der Waals surface area (Å²) in [7, 11) is 4.02. The molecule has 0 aromatic heterocycles. The van der Waals surface area contributed by atoms with Crippen LogP contribution in [0.25, 0.3) is 0 Å². The third kappa shape index (κ3) is 5.60. The number of nitrogens with zero attached hydrogens (tertiary/aromatic N) is 2. The maximum atomic E-state index is 12.3. The van der Waals surface area contributed by atoms with Crippen LogP contribution in [0.1, 0.15) is 36.9 Å². The molecule has 1 aliphatic rings. The van der Waals surface area contributed by atoms with E-state index in [9.17, 15) is 9.59 Å². The first-order valence-corrected chi connectivity index (χ1v) is 10.5. The SMILES string of the molecule is CCc1ccc(C(CNC(=O)COc2ccc(N3CCCC3=O)cc2)N(C)C)cc1. The van der Waals surface area contributed by atoms with E-state index < -0.39 is 0 Å². The van der Waals surface area contributed by atoms with E-state index in [2.05, 4.69) is 41.4 Å². The smallest absolute Gasteiger partial charge is 0.258 e. The molecule has 160 valence electrons. The average Bonchev–Trinajstić information content (AvgIpc) is 3.19. The molecule has 6 heteroatoms. The van der Waals surface area contributed by atoms with Gasteiger partial charge in [-0.3, -0.25) is 9.59 Å². The van der Waals surface area contributed by atoms with Crippen LogP contribution >= 0.6 is 0 Å². The zero-order chi connectivity index (χ0) is 21.5.